The molecule has 0 unspecified atom stereocenters. The van der Waals surface area contributed by atoms with Gasteiger partial charge in [-0.15, -0.1) is 11.8 Å². The lowest BCUT2D eigenvalue weighted by molar-refractivity contribution is 0.112. The van der Waals surface area contributed by atoms with Crippen LogP contribution < -0.4 is 0 Å². The third-order valence-corrected chi connectivity index (χ3v) is 3.92. The van der Waals surface area contributed by atoms with Crippen molar-refractivity contribution in [1.29, 1.82) is 0 Å². The highest BCUT2D eigenvalue weighted by Crippen LogP contribution is 2.18. The van der Waals surface area contributed by atoms with E-state index in [1.807, 2.05) is 6.07 Å². The van der Waals surface area contributed by atoms with Crippen molar-refractivity contribution >= 4 is 27.9 Å². The zero-order chi connectivity index (χ0) is 11.3. The third-order valence-electron chi connectivity index (χ3n) is 1.72. The molecule has 0 aliphatic heterocycles. The molecule has 0 saturated carbocycles. The topological polar surface area (TPSA) is 51.2 Å². The van der Waals surface area contributed by atoms with Crippen molar-refractivity contribution in [2.24, 2.45) is 0 Å². The van der Waals surface area contributed by atoms with Crippen LogP contribution in [0.1, 0.15) is 10.4 Å². The van der Waals surface area contributed by atoms with Crippen LogP contribution in [0.4, 0.5) is 0 Å². The standard InChI is InChI=1S/C10H12O3S2/c1-15(12,13)6-5-14-10-4-2-3-9(7-10)8-11/h2-4,7-8H,5-6H2,1H3. The van der Waals surface area contributed by atoms with E-state index in [1.165, 1.54) is 18.0 Å². The summed E-state index contributed by atoms with van der Waals surface area (Å²) < 4.78 is 21.8. The summed E-state index contributed by atoms with van der Waals surface area (Å²) in [5.74, 6) is 0.671. The second-order valence-electron chi connectivity index (χ2n) is 3.17. The predicted octanol–water partition coefficient (Wildman–Crippen LogP) is 1.64. The number of rotatable bonds is 5. The molecule has 1 aromatic carbocycles. The molecule has 0 aromatic heterocycles. The number of hydrogen-bond acceptors (Lipinski definition) is 4. The largest absolute Gasteiger partial charge is 0.298 e. The van der Waals surface area contributed by atoms with Gasteiger partial charge in [-0.2, -0.15) is 0 Å². The van der Waals surface area contributed by atoms with Gasteiger partial charge in [-0.3, -0.25) is 4.79 Å². The van der Waals surface area contributed by atoms with E-state index in [0.717, 1.165) is 11.2 Å². The minimum absolute atomic E-state index is 0.156. The molecule has 0 saturated heterocycles. The predicted molar refractivity (Wildman–Crippen MR) is 62.3 cm³/mol. The molecule has 1 aromatic rings. The third kappa shape index (κ3) is 4.99. The summed E-state index contributed by atoms with van der Waals surface area (Å²) in [6.07, 6.45) is 2.00. The molecule has 15 heavy (non-hydrogen) atoms. The fourth-order valence-corrected chi connectivity index (χ4v) is 3.16. The highest BCUT2D eigenvalue weighted by molar-refractivity contribution is 8.00. The minimum atomic E-state index is -2.90. The minimum Gasteiger partial charge on any atom is -0.298 e. The van der Waals surface area contributed by atoms with Crippen molar-refractivity contribution in [1.82, 2.24) is 0 Å². The van der Waals surface area contributed by atoms with Crippen LogP contribution in [0.2, 0.25) is 0 Å². The van der Waals surface area contributed by atoms with Gasteiger partial charge in [0.05, 0.1) is 5.75 Å². The quantitative estimate of drug-likeness (QED) is 0.583. The summed E-state index contributed by atoms with van der Waals surface area (Å²) >= 11 is 1.44. The van der Waals surface area contributed by atoms with Crippen LogP contribution in [0.3, 0.4) is 0 Å². The van der Waals surface area contributed by atoms with Crippen molar-refractivity contribution in [2.75, 3.05) is 17.8 Å². The Balaban J connectivity index is 2.54. The molecule has 0 radical (unpaired) electrons. The molecule has 0 atom stereocenters. The second-order valence-corrected chi connectivity index (χ2v) is 6.60. The van der Waals surface area contributed by atoms with Crippen LogP contribution in [-0.2, 0) is 9.84 Å². The number of thioether (sulfide) groups is 1. The maximum atomic E-state index is 10.9. The number of sulfone groups is 1. The molecule has 0 amide bonds. The average molecular weight is 244 g/mol. The van der Waals surface area contributed by atoms with E-state index >= 15 is 0 Å². The van der Waals surface area contributed by atoms with Crippen LogP contribution >= 0.6 is 11.8 Å². The summed E-state index contributed by atoms with van der Waals surface area (Å²) in [5, 5.41) is 0. The summed E-state index contributed by atoms with van der Waals surface area (Å²) in [4.78, 5) is 11.4. The first kappa shape index (κ1) is 12.3. The Morgan fingerprint density at radius 3 is 2.73 bits per heavy atom. The van der Waals surface area contributed by atoms with Crippen molar-refractivity contribution in [2.45, 2.75) is 4.90 Å². The normalized spacial score (nSPS) is 11.3. The first-order valence-corrected chi connectivity index (χ1v) is 7.41. The molecule has 0 spiro atoms. The molecule has 0 heterocycles. The lowest BCUT2D eigenvalue weighted by Gasteiger charge is -2.01. The Kier molecular flexibility index (Phi) is 4.35. The lowest BCUT2D eigenvalue weighted by atomic mass is 10.2. The number of carbonyl (C=O) groups excluding carboxylic acids is 1. The van der Waals surface area contributed by atoms with Crippen molar-refractivity contribution < 1.29 is 13.2 Å². The Morgan fingerprint density at radius 2 is 2.13 bits per heavy atom. The molecular formula is C10H12O3S2. The van der Waals surface area contributed by atoms with Gasteiger partial charge in [0.25, 0.3) is 0 Å². The fourth-order valence-electron chi connectivity index (χ4n) is 0.989. The Morgan fingerprint density at radius 1 is 1.40 bits per heavy atom. The molecule has 5 heteroatoms. The van der Waals surface area contributed by atoms with Gasteiger partial charge >= 0.3 is 0 Å². The molecule has 0 aliphatic rings. The van der Waals surface area contributed by atoms with Crippen LogP contribution in [0.25, 0.3) is 0 Å². The number of carbonyl (C=O) groups is 1. The van der Waals surface area contributed by atoms with Gasteiger partial charge in [-0.05, 0) is 12.1 Å². The van der Waals surface area contributed by atoms with E-state index in [9.17, 15) is 13.2 Å². The van der Waals surface area contributed by atoms with Crippen LogP contribution in [0.15, 0.2) is 29.2 Å². The highest BCUT2D eigenvalue weighted by atomic mass is 32.2. The first-order valence-electron chi connectivity index (χ1n) is 4.37. The van der Waals surface area contributed by atoms with E-state index in [0.29, 0.717) is 11.3 Å². The van der Waals surface area contributed by atoms with Crippen LogP contribution in [0, 0.1) is 0 Å². The molecule has 3 nitrogen and oxygen atoms in total. The summed E-state index contributed by atoms with van der Waals surface area (Å²) in [6.45, 7) is 0. The number of hydrogen-bond donors (Lipinski definition) is 0. The zero-order valence-electron chi connectivity index (χ0n) is 8.34. The zero-order valence-corrected chi connectivity index (χ0v) is 9.98. The molecule has 1 rings (SSSR count). The van der Waals surface area contributed by atoms with Gasteiger partial charge in [-0.1, -0.05) is 12.1 Å². The van der Waals surface area contributed by atoms with Gasteiger partial charge in [-0.25, -0.2) is 8.42 Å². The fraction of sp³-hybridized carbons (Fsp3) is 0.300. The van der Waals surface area contributed by atoms with Crippen molar-refractivity contribution in [3.63, 3.8) is 0 Å². The lowest BCUT2D eigenvalue weighted by Crippen LogP contribution is -2.04. The molecule has 0 N–H and O–H groups in total. The Labute approximate surface area is 93.8 Å². The smallest absolute Gasteiger partial charge is 0.150 e. The molecular weight excluding hydrogens is 232 g/mol. The Bertz CT molecular complexity index is 438. The van der Waals surface area contributed by atoms with Gasteiger partial charge in [0, 0.05) is 22.5 Å². The number of aldehydes is 1. The maximum absolute atomic E-state index is 10.9. The van der Waals surface area contributed by atoms with Gasteiger partial charge in [0.15, 0.2) is 0 Å². The van der Waals surface area contributed by atoms with Gasteiger partial charge in [0.2, 0.25) is 0 Å². The number of benzene rings is 1. The molecule has 0 aliphatic carbocycles. The molecule has 0 fully saturated rings. The summed E-state index contributed by atoms with van der Waals surface area (Å²) in [7, 11) is -2.90. The van der Waals surface area contributed by atoms with E-state index in [4.69, 9.17) is 0 Å². The monoisotopic (exact) mass is 244 g/mol. The Hall–Kier alpha value is -0.810. The average Bonchev–Trinajstić information content (AvgIpc) is 2.16. The van der Waals surface area contributed by atoms with Gasteiger partial charge < -0.3 is 0 Å². The van der Waals surface area contributed by atoms with E-state index in [2.05, 4.69) is 0 Å². The first-order chi connectivity index (χ1) is 7.01. The van der Waals surface area contributed by atoms with E-state index in [-0.39, 0.29) is 5.75 Å². The molecule has 82 valence electrons. The van der Waals surface area contributed by atoms with E-state index < -0.39 is 9.84 Å². The molecule has 0 bridgehead atoms. The summed E-state index contributed by atoms with van der Waals surface area (Å²) in [6, 6.07) is 7.11. The van der Waals surface area contributed by atoms with Crippen molar-refractivity contribution in [3.8, 4) is 0 Å². The second kappa shape index (κ2) is 5.32. The highest BCUT2D eigenvalue weighted by Gasteiger charge is 2.02. The van der Waals surface area contributed by atoms with Crippen LogP contribution in [-0.4, -0.2) is 32.5 Å². The van der Waals surface area contributed by atoms with E-state index in [1.54, 1.807) is 18.2 Å². The van der Waals surface area contributed by atoms with Crippen molar-refractivity contribution in [3.05, 3.63) is 29.8 Å². The summed E-state index contributed by atoms with van der Waals surface area (Å²) in [5.41, 5.74) is 0.611. The van der Waals surface area contributed by atoms with Crippen LogP contribution in [0.5, 0.6) is 0 Å². The van der Waals surface area contributed by atoms with Gasteiger partial charge in [0.1, 0.15) is 16.1 Å². The maximum Gasteiger partial charge on any atom is 0.150 e. The SMILES string of the molecule is CS(=O)(=O)CCSc1cccc(C=O)c1.